The van der Waals surface area contributed by atoms with Crippen LogP contribution in [-0.2, 0) is 0 Å². The standard InChI is InChI=1S/C13H29N3/c1-5-10-16(6-2)11-8-7-9-13(3,4)12(14)15/h5-11H2,1-4H3,(H3,14,15). The summed E-state index contributed by atoms with van der Waals surface area (Å²) < 4.78 is 0. The molecule has 0 heterocycles. The van der Waals surface area contributed by atoms with Crippen molar-refractivity contribution in [3.05, 3.63) is 0 Å². The third-order valence-electron chi connectivity index (χ3n) is 3.24. The second-order valence-electron chi connectivity index (χ2n) is 5.19. The Morgan fingerprint density at radius 3 is 2.25 bits per heavy atom. The number of nitrogens with zero attached hydrogens (tertiary/aromatic N) is 1. The Morgan fingerprint density at radius 1 is 1.19 bits per heavy atom. The molecular weight excluding hydrogens is 198 g/mol. The van der Waals surface area contributed by atoms with Gasteiger partial charge >= 0.3 is 0 Å². The van der Waals surface area contributed by atoms with E-state index in [1.54, 1.807) is 0 Å². The topological polar surface area (TPSA) is 53.1 Å². The summed E-state index contributed by atoms with van der Waals surface area (Å²) in [5, 5.41) is 7.49. The van der Waals surface area contributed by atoms with E-state index in [4.69, 9.17) is 11.1 Å². The van der Waals surface area contributed by atoms with Crippen LogP contribution in [0.3, 0.4) is 0 Å². The van der Waals surface area contributed by atoms with Crippen molar-refractivity contribution in [1.29, 1.82) is 5.41 Å². The summed E-state index contributed by atoms with van der Waals surface area (Å²) in [6.45, 7) is 12.1. The largest absolute Gasteiger partial charge is 0.387 e. The molecule has 96 valence electrons. The molecule has 0 saturated heterocycles. The van der Waals surface area contributed by atoms with Crippen molar-refractivity contribution in [3.8, 4) is 0 Å². The summed E-state index contributed by atoms with van der Waals surface area (Å²) >= 11 is 0. The first-order valence-corrected chi connectivity index (χ1v) is 6.51. The maximum atomic E-state index is 7.49. The van der Waals surface area contributed by atoms with Gasteiger partial charge in [0, 0.05) is 5.41 Å². The molecule has 0 atom stereocenters. The predicted molar refractivity (Wildman–Crippen MR) is 72.0 cm³/mol. The zero-order valence-electron chi connectivity index (χ0n) is 11.5. The Kier molecular flexibility index (Phi) is 7.39. The SMILES string of the molecule is CCCN(CC)CCCCC(C)(C)C(=N)N. The highest BCUT2D eigenvalue weighted by Crippen LogP contribution is 2.22. The normalized spacial score (nSPS) is 12.1. The van der Waals surface area contributed by atoms with Crippen LogP contribution in [-0.4, -0.2) is 30.4 Å². The van der Waals surface area contributed by atoms with E-state index in [2.05, 4.69) is 32.6 Å². The van der Waals surface area contributed by atoms with Crippen LogP contribution in [0.2, 0.25) is 0 Å². The van der Waals surface area contributed by atoms with Gasteiger partial charge in [-0.15, -0.1) is 0 Å². The summed E-state index contributed by atoms with van der Waals surface area (Å²) in [4.78, 5) is 2.49. The molecule has 0 fully saturated rings. The van der Waals surface area contributed by atoms with Gasteiger partial charge in [0.15, 0.2) is 0 Å². The minimum absolute atomic E-state index is 0.123. The molecule has 0 radical (unpaired) electrons. The molecule has 0 aromatic carbocycles. The van der Waals surface area contributed by atoms with Gasteiger partial charge in [-0.3, -0.25) is 5.41 Å². The molecule has 0 amide bonds. The summed E-state index contributed by atoms with van der Waals surface area (Å²) in [6, 6.07) is 0. The van der Waals surface area contributed by atoms with Gasteiger partial charge in [0.05, 0.1) is 5.84 Å². The highest BCUT2D eigenvalue weighted by Gasteiger charge is 2.20. The molecule has 0 saturated carbocycles. The summed E-state index contributed by atoms with van der Waals surface area (Å²) in [7, 11) is 0. The van der Waals surface area contributed by atoms with E-state index in [1.807, 2.05) is 0 Å². The number of amidine groups is 1. The Labute approximate surface area is 101 Å². The van der Waals surface area contributed by atoms with E-state index in [0.29, 0.717) is 5.84 Å². The van der Waals surface area contributed by atoms with E-state index in [1.165, 1.54) is 25.9 Å². The van der Waals surface area contributed by atoms with Crippen molar-refractivity contribution < 1.29 is 0 Å². The van der Waals surface area contributed by atoms with Gasteiger partial charge in [0.25, 0.3) is 0 Å². The molecule has 3 nitrogen and oxygen atoms in total. The molecule has 0 spiro atoms. The molecule has 3 heteroatoms. The Morgan fingerprint density at radius 2 is 1.81 bits per heavy atom. The first-order valence-electron chi connectivity index (χ1n) is 6.51. The van der Waals surface area contributed by atoms with Gasteiger partial charge in [0.1, 0.15) is 0 Å². The maximum absolute atomic E-state index is 7.49. The van der Waals surface area contributed by atoms with Crippen molar-refractivity contribution in [2.45, 2.75) is 53.4 Å². The fourth-order valence-electron chi connectivity index (χ4n) is 1.78. The molecule has 0 rings (SSSR count). The first-order chi connectivity index (χ1) is 7.44. The number of unbranched alkanes of at least 4 members (excludes halogenated alkanes) is 1. The molecule has 3 N–H and O–H groups in total. The lowest BCUT2D eigenvalue weighted by Crippen LogP contribution is -2.31. The summed E-state index contributed by atoms with van der Waals surface area (Å²) in [5.74, 6) is 0.313. The van der Waals surface area contributed by atoms with Gasteiger partial charge in [-0.05, 0) is 38.9 Å². The molecule has 0 aromatic heterocycles. The second kappa shape index (κ2) is 7.66. The molecule has 16 heavy (non-hydrogen) atoms. The zero-order valence-corrected chi connectivity index (χ0v) is 11.5. The number of hydrogen-bond acceptors (Lipinski definition) is 2. The number of nitrogens with two attached hydrogens (primary N) is 1. The minimum atomic E-state index is -0.123. The van der Waals surface area contributed by atoms with Crippen LogP contribution in [0.4, 0.5) is 0 Å². The lowest BCUT2D eigenvalue weighted by Gasteiger charge is -2.24. The highest BCUT2D eigenvalue weighted by molar-refractivity contribution is 5.82. The van der Waals surface area contributed by atoms with Crippen LogP contribution in [0.5, 0.6) is 0 Å². The molecule has 0 aliphatic carbocycles. The van der Waals surface area contributed by atoms with Crippen molar-refractivity contribution in [1.82, 2.24) is 4.90 Å². The van der Waals surface area contributed by atoms with Gasteiger partial charge in [0.2, 0.25) is 0 Å². The average Bonchev–Trinajstić information content (AvgIpc) is 2.22. The lowest BCUT2D eigenvalue weighted by atomic mass is 9.86. The van der Waals surface area contributed by atoms with Gasteiger partial charge in [-0.25, -0.2) is 0 Å². The van der Waals surface area contributed by atoms with Crippen LogP contribution in [0.1, 0.15) is 53.4 Å². The van der Waals surface area contributed by atoms with Gasteiger partial charge < -0.3 is 10.6 Å². The molecule has 0 aliphatic rings. The van der Waals surface area contributed by atoms with E-state index in [-0.39, 0.29) is 5.41 Å². The van der Waals surface area contributed by atoms with Crippen LogP contribution in [0.25, 0.3) is 0 Å². The molecule has 0 aromatic rings. The van der Waals surface area contributed by atoms with Crippen LogP contribution in [0.15, 0.2) is 0 Å². The number of hydrogen-bond donors (Lipinski definition) is 2. The van der Waals surface area contributed by atoms with Crippen LogP contribution >= 0.6 is 0 Å². The minimum Gasteiger partial charge on any atom is -0.387 e. The quantitative estimate of drug-likeness (QED) is 0.361. The molecule has 0 aliphatic heterocycles. The van der Waals surface area contributed by atoms with E-state index in [9.17, 15) is 0 Å². The maximum Gasteiger partial charge on any atom is 0.0963 e. The van der Waals surface area contributed by atoms with Crippen molar-refractivity contribution >= 4 is 5.84 Å². The third-order valence-corrected chi connectivity index (χ3v) is 3.24. The average molecular weight is 227 g/mol. The Balaban J connectivity index is 3.70. The van der Waals surface area contributed by atoms with Crippen LogP contribution in [0, 0.1) is 10.8 Å². The van der Waals surface area contributed by atoms with E-state index >= 15 is 0 Å². The van der Waals surface area contributed by atoms with Crippen molar-refractivity contribution in [2.75, 3.05) is 19.6 Å². The first kappa shape index (κ1) is 15.4. The summed E-state index contributed by atoms with van der Waals surface area (Å²) in [5.41, 5.74) is 5.44. The molecule has 0 unspecified atom stereocenters. The predicted octanol–water partition coefficient (Wildman–Crippen LogP) is 2.85. The number of nitrogens with one attached hydrogen (secondary N) is 1. The number of rotatable bonds is 9. The fourth-order valence-corrected chi connectivity index (χ4v) is 1.78. The smallest absolute Gasteiger partial charge is 0.0963 e. The van der Waals surface area contributed by atoms with Crippen molar-refractivity contribution in [2.24, 2.45) is 11.1 Å². The third kappa shape index (κ3) is 6.11. The second-order valence-corrected chi connectivity index (χ2v) is 5.19. The Hall–Kier alpha value is -0.570. The van der Waals surface area contributed by atoms with Crippen molar-refractivity contribution in [3.63, 3.8) is 0 Å². The fraction of sp³-hybridized carbons (Fsp3) is 0.923. The van der Waals surface area contributed by atoms with E-state index < -0.39 is 0 Å². The zero-order chi connectivity index (χ0) is 12.6. The Bertz CT molecular complexity index is 199. The van der Waals surface area contributed by atoms with Gasteiger partial charge in [-0.2, -0.15) is 0 Å². The van der Waals surface area contributed by atoms with Crippen LogP contribution < -0.4 is 5.73 Å². The molecule has 0 bridgehead atoms. The summed E-state index contributed by atoms with van der Waals surface area (Å²) in [6.07, 6.45) is 4.62. The lowest BCUT2D eigenvalue weighted by molar-refractivity contribution is 0.276. The van der Waals surface area contributed by atoms with Gasteiger partial charge in [-0.1, -0.05) is 34.1 Å². The molecular formula is C13H29N3. The van der Waals surface area contributed by atoms with E-state index in [0.717, 1.165) is 19.4 Å². The highest BCUT2D eigenvalue weighted by atomic mass is 15.1. The monoisotopic (exact) mass is 227 g/mol.